The average Bonchev–Trinajstić information content (AvgIpc) is 3.39. The fourth-order valence-corrected chi connectivity index (χ4v) is 4.97. The minimum Gasteiger partial charge on any atom is -0.354 e. The number of nitrogens with zero attached hydrogens (tertiary/aromatic N) is 2. The van der Waals surface area contributed by atoms with Crippen LogP contribution in [0.2, 0.25) is 0 Å². The molecule has 1 saturated heterocycles. The number of hydrogen-bond donors (Lipinski definition) is 2. The predicted molar refractivity (Wildman–Crippen MR) is 119 cm³/mol. The molecule has 0 saturated carbocycles. The Morgan fingerprint density at radius 2 is 1.87 bits per heavy atom. The molecule has 1 aromatic carbocycles. The molecule has 5 rings (SSSR count). The smallest absolute Gasteiger partial charge is 0.253 e. The lowest BCUT2D eigenvalue weighted by molar-refractivity contribution is 0.0736. The van der Waals surface area contributed by atoms with Crippen LogP contribution in [0.1, 0.15) is 47.8 Å². The van der Waals surface area contributed by atoms with E-state index in [4.69, 9.17) is 0 Å². The van der Waals surface area contributed by atoms with Crippen molar-refractivity contribution in [2.45, 2.75) is 39.2 Å². The third-order valence-corrected chi connectivity index (χ3v) is 6.43. The minimum atomic E-state index is 0.0809. The number of aromatic nitrogens is 2. The van der Waals surface area contributed by atoms with Crippen LogP contribution in [-0.4, -0.2) is 46.5 Å². The highest BCUT2D eigenvalue weighted by molar-refractivity contribution is 6.00. The second kappa shape index (κ2) is 7.43. The van der Waals surface area contributed by atoms with Crippen molar-refractivity contribution in [2.75, 3.05) is 26.2 Å². The summed E-state index contributed by atoms with van der Waals surface area (Å²) in [6, 6.07) is 9.64. The van der Waals surface area contributed by atoms with Crippen molar-refractivity contribution in [1.82, 2.24) is 19.8 Å². The van der Waals surface area contributed by atoms with E-state index in [1.807, 2.05) is 33.7 Å². The molecule has 6 heteroatoms. The second-order valence-corrected chi connectivity index (χ2v) is 8.66. The zero-order chi connectivity index (χ0) is 20.8. The normalized spacial score (nSPS) is 16.4. The van der Waals surface area contributed by atoms with Gasteiger partial charge in [0.25, 0.3) is 11.5 Å². The van der Waals surface area contributed by atoms with Gasteiger partial charge in [0.05, 0.1) is 5.69 Å². The number of piperazine rings is 1. The Morgan fingerprint density at radius 1 is 1.07 bits per heavy atom. The molecule has 1 amide bonds. The van der Waals surface area contributed by atoms with Crippen molar-refractivity contribution < 1.29 is 4.79 Å². The van der Waals surface area contributed by atoms with Gasteiger partial charge in [-0.25, -0.2) is 0 Å². The molecule has 0 radical (unpaired) electrons. The lowest BCUT2D eigenvalue weighted by Gasteiger charge is -2.27. The quantitative estimate of drug-likeness (QED) is 0.705. The highest BCUT2D eigenvalue weighted by Crippen LogP contribution is 2.38. The summed E-state index contributed by atoms with van der Waals surface area (Å²) < 4.78 is 1.91. The van der Waals surface area contributed by atoms with Gasteiger partial charge in [0.15, 0.2) is 0 Å². The summed E-state index contributed by atoms with van der Waals surface area (Å²) in [5.41, 5.74) is 6.39. The Labute approximate surface area is 175 Å². The van der Waals surface area contributed by atoms with Crippen LogP contribution in [0.4, 0.5) is 0 Å². The molecule has 2 aliphatic rings. The number of aromatic amines is 1. The summed E-state index contributed by atoms with van der Waals surface area (Å²) in [7, 11) is 0. The number of H-pyrrole nitrogens is 1. The van der Waals surface area contributed by atoms with Crippen LogP contribution in [0.25, 0.3) is 22.2 Å². The number of carbonyl (C=O) groups is 1. The number of benzene rings is 1. The number of hydrogen-bond acceptors (Lipinski definition) is 3. The molecule has 0 bridgehead atoms. The summed E-state index contributed by atoms with van der Waals surface area (Å²) in [4.78, 5) is 30.8. The number of amides is 1. The van der Waals surface area contributed by atoms with Crippen LogP contribution < -0.4 is 10.9 Å². The Hall–Kier alpha value is -2.86. The number of carbonyl (C=O) groups excluding carboxylic acids is 1. The average molecular weight is 405 g/mol. The second-order valence-electron chi connectivity index (χ2n) is 8.66. The molecule has 0 atom stereocenters. The fraction of sp³-hybridized carbons (Fsp3) is 0.417. The van der Waals surface area contributed by atoms with Crippen LogP contribution in [0.15, 0.2) is 35.1 Å². The summed E-state index contributed by atoms with van der Waals surface area (Å²) in [5.74, 6) is 0.385. The van der Waals surface area contributed by atoms with Gasteiger partial charge in [0.1, 0.15) is 0 Å². The molecular weight excluding hydrogens is 376 g/mol. The molecule has 4 heterocycles. The Balaban J connectivity index is 1.64. The van der Waals surface area contributed by atoms with Crippen molar-refractivity contribution in [2.24, 2.45) is 0 Å². The van der Waals surface area contributed by atoms with E-state index in [9.17, 15) is 9.59 Å². The van der Waals surface area contributed by atoms with Crippen LogP contribution in [0.5, 0.6) is 0 Å². The van der Waals surface area contributed by atoms with Crippen LogP contribution >= 0.6 is 0 Å². The third-order valence-electron chi connectivity index (χ3n) is 6.43. The van der Waals surface area contributed by atoms with E-state index in [1.54, 1.807) is 6.07 Å². The number of fused-ring (bicyclic) bond motifs is 2. The lowest BCUT2D eigenvalue weighted by Crippen LogP contribution is -2.46. The van der Waals surface area contributed by atoms with Crippen LogP contribution in [0.3, 0.4) is 0 Å². The van der Waals surface area contributed by atoms with E-state index < -0.39 is 0 Å². The fourth-order valence-electron chi connectivity index (χ4n) is 4.97. The van der Waals surface area contributed by atoms with E-state index in [0.717, 1.165) is 79.0 Å². The first-order valence-corrected chi connectivity index (χ1v) is 10.9. The van der Waals surface area contributed by atoms with Crippen molar-refractivity contribution >= 4 is 16.8 Å². The molecule has 0 unspecified atom stereocenters. The first-order valence-electron chi connectivity index (χ1n) is 10.9. The molecule has 6 nitrogen and oxygen atoms in total. The van der Waals surface area contributed by atoms with Gasteiger partial charge in [0, 0.05) is 66.5 Å². The van der Waals surface area contributed by atoms with Crippen molar-refractivity contribution in [3.8, 4) is 11.3 Å². The molecule has 2 aromatic heterocycles. The molecule has 0 aliphatic carbocycles. The lowest BCUT2D eigenvalue weighted by atomic mass is 9.94. The zero-order valence-corrected chi connectivity index (χ0v) is 17.6. The van der Waals surface area contributed by atoms with E-state index in [-0.39, 0.29) is 17.4 Å². The van der Waals surface area contributed by atoms with Crippen molar-refractivity contribution in [3.63, 3.8) is 0 Å². The largest absolute Gasteiger partial charge is 0.354 e. The van der Waals surface area contributed by atoms with Gasteiger partial charge >= 0.3 is 0 Å². The standard InChI is InChI=1S/C24H28N4O2/c1-15(2)22-18-14-16(24(30)27-12-9-25-10-13-27)5-7-19(18)26-23(22)17-6-8-21(29)28-11-3-4-20(17)28/h5-8,14-15,25-26H,3-4,9-13H2,1-2H3. The molecule has 0 spiro atoms. The summed E-state index contributed by atoms with van der Waals surface area (Å²) in [6.07, 6.45) is 1.93. The number of nitrogens with one attached hydrogen (secondary N) is 2. The SMILES string of the molecule is CC(C)c1c(-c2ccc(=O)n3c2CCC3)[nH]c2ccc(C(=O)N3CCNCC3)cc12. The summed E-state index contributed by atoms with van der Waals surface area (Å²) in [6.45, 7) is 8.35. The highest BCUT2D eigenvalue weighted by atomic mass is 16.2. The third kappa shape index (κ3) is 3.06. The van der Waals surface area contributed by atoms with Crippen molar-refractivity contribution in [3.05, 3.63) is 57.5 Å². The first-order chi connectivity index (χ1) is 14.5. The predicted octanol–water partition coefficient (Wildman–Crippen LogP) is 3.11. The topological polar surface area (TPSA) is 70.1 Å². The maximum atomic E-state index is 13.0. The van der Waals surface area contributed by atoms with E-state index in [1.165, 1.54) is 5.56 Å². The van der Waals surface area contributed by atoms with Gasteiger partial charge in [0.2, 0.25) is 0 Å². The van der Waals surface area contributed by atoms with E-state index in [0.29, 0.717) is 0 Å². The summed E-state index contributed by atoms with van der Waals surface area (Å²) >= 11 is 0. The molecule has 2 aliphatic heterocycles. The molecule has 30 heavy (non-hydrogen) atoms. The van der Waals surface area contributed by atoms with Gasteiger partial charge in [-0.05, 0) is 48.6 Å². The Bertz CT molecular complexity index is 1180. The van der Waals surface area contributed by atoms with Gasteiger partial charge in [-0.2, -0.15) is 0 Å². The van der Waals surface area contributed by atoms with Crippen LogP contribution in [-0.2, 0) is 13.0 Å². The van der Waals surface area contributed by atoms with E-state index in [2.05, 4.69) is 24.1 Å². The molecular formula is C24H28N4O2. The van der Waals surface area contributed by atoms with Gasteiger partial charge < -0.3 is 19.8 Å². The maximum Gasteiger partial charge on any atom is 0.253 e. The minimum absolute atomic E-state index is 0.0809. The highest BCUT2D eigenvalue weighted by Gasteiger charge is 2.24. The van der Waals surface area contributed by atoms with Gasteiger partial charge in [-0.3, -0.25) is 9.59 Å². The Morgan fingerprint density at radius 3 is 2.63 bits per heavy atom. The maximum absolute atomic E-state index is 13.0. The van der Waals surface area contributed by atoms with Gasteiger partial charge in [-0.15, -0.1) is 0 Å². The van der Waals surface area contributed by atoms with E-state index >= 15 is 0 Å². The number of rotatable bonds is 3. The monoisotopic (exact) mass is 404 g/mol. The molecule has 3 aromatic rings. The molecule has 2 N–H and O–H groups in total. The van der Waals surface area contributed by atoms with Crippen molar-refractivity contribution in [1.29, 1.82) is 0 Å². The molecule has 156 valence electrons. The first kappa shape index (κ1) is 19.1. The van der Waals surface area contributed by atoms with Crippen LogP contribution in [0, 0.1) is 0 Å². The number of pyridine rings is 1. The zero-order valence-electron chi connectivity index (χ0n) is 17.6. The Kier molecular flexibility index (Phi) is 4.74. The van der Waals surface area contributed by atoms with Gasteiger partial charge in [-0.1, -0.05) is 13.8 Å². The summed E-state index contributed by atoms with van der Waals surface area (Å²) in [5, 5.41) is 4.40. The molecule has 1 fully saturated rings.